The van der Waals surface area contributed by atoms with Gasteiger partial charge in [-0.05, 0) is 36.4 Å². The van der Waals surface area contributed by atoms with Crippen molar-refractivity contribution < 1.29 is 18.7 Å². The fourth-order valence-corrected chi connectivity index (χ4v) is 2.77. The largest absolute Gasteiger partial charge is 0.484 e. The van der Waals surface area contributed by atoms with Crippen molar-refractivity contribution >= 4 is 16.8 Å². The van der Waals surface area contributed by atoms with E-state index in [0.29, 0.717) is 24.7 Å². The van der Waals surface area contributed by atoms with Gasteiger partial charge in [-0.1, -0.05) is 18.2 Å². The molecule has 2 heterocycles. The number of fused-ring (bicyclic) bond motifs is 1. The molecular formula is C20H17FN2O3. The molecule has 0 aliphatic carbocycles. The van der Waals surface area contributed by atoms with Crippen LogP contribution in [0.15, 0.2) is 60.7 Å². The summed E-state index contributed by atoms with van der Waals surface area (Å²) in [6.45, 7) is 0.923. The summed E-state index contributed by atoms with van der Waals surface area (Å²) in [6.07, 6.45) is -0.0709. The Bertz CT molecular complexity index is 924. The van der Waals surface area contributed by atoms with Crippen molar-refractivity contribution in [3.63, 3.8) is 0 Å². The SMILES string of the molecule is O=C(COc1ccc(F)cc1)N1CC(Oc2ccc3ccccc3n2)C1. The molecule has 3 aromatic rings. The molecule has 1 aliphatic rings. The van der Waals surface area contributed by atoms with Gasteiger partial charge in [-0.3, -0.25) is 4.79 Å². The van der Waals surface area contributed by atoms with Crippen molar-refractivity contribution in [2.24, 2.45) is 0 Å². The predicted octanol–water partition coefficient (Wildman–Crippen LogP) is 3.04. The van der Waals surface area contributed by atoms with E-state index in [1.807, 2.05) is 36.4 Å². The van der Waals surface area contributed by atoms with E-state index in [1.165, 1.54) is 24.3 Å². The van der Waals surface area contributed by atoms with Crippen LogP contribution in [0.2, 0.25) is 0 Å². The second-order valence-corrected chi connectivity index (χ2v) is 6.12. The van der Waals surface area contributed by atoms with Gasteiger partial charge in [-0.15, -0.1) is 0 Å². The molecule has 1 fully saturated rings. The van der Waals surface area contributed by atoms with Gasteiger partial charge in [-0.25, -0.2) is 9.37 Å². The Labute approximate surface area is 150 Å². The predicted molar refractivity (Wildman–Crippen MR) is 94.6 cm³/mol. The number of ether oxygens (including phenoxy) is 2. The van der Waals surface area contributed by atoms with Crippen LogP contribution in [-0.4, -0.2) is 41.6 Å². The molecule has 6 heteroatoms. The topological polar surface area (TPSA) is 51.7 Å². The van der Waals surface area contributed by atoms with Gasteiger partial charge >= 0.3 is 0 Å². The summed E-state index contributed by atoms with van der Waals surface area (Å²) in [6, 6.07) is 17.2. The molecule has 0 unspecified atom stereocenters. The van der Waals surface area contributed by atoms with Gasteiger partial charge in [0.15, 0.2) is 6.61 Å². The van der Waals surface area contributed by atoms with Gasteiger partial charge in [0, 0.05) is 11.5 Å². The van der Waals surface area contributed by atoms with Crippen molar-refractivity contribution in [3.8, 4) is 11.6 Å². The average molecular weight is 352 g/mol. The number of aromatic nitrogens is 1. The first-order valence-corrected chi connectivity index (χ1v) is 8.36. The van der Waals surface area contributed by atoms with E-state index in [4.69, 9.17) is 9.47 Å². The van der Waals surface area contributed by atoms with Crippen molar-refractivity contribution in [1.82, 2.24) is 9.88 Å². The molecular weight excluding hydrogens is 335 g/mol. The van der Waals surface area contributed by atoms with Gasteiger partial charge in [0.25, 0.3) is 5.91 Å². The number of pyridine rings is 1. The Hall–Kier alpha value is -3.15. The van der Waals surface area contributed by atoms with Gasteiger partial charge in [-0.2, -0.15) is 0 Å². The van der Waals surface area contributed by atoms with Crippen molar-refractivity contribution in [3.05, 3.63) is 66.5 Å². The first-order valence-electron chi connectivity index (χ1n) is 8.36. The summed E-state index contributed by atoms with van der Waals surface area (Å²) >= 11 is 0. The number of hydrogen-bond donors (Lipinski definition) is 0. The van der Waals surface area contributed by atoms with E-state index < -0.39 is 0 Å². The molecule has 0 radical (unpaired) electrons. The van der Waals surface area contributed by atoms with Gasteiger partial charge in [0.2, 0.25) is 5.88 Å². The minimum absolute atomic E-state index is 0.0709. The van der Waals surface area contributed by atoms with E-state index >= 15 is 0 Å². The zero-order chi connectivity index (χ0) is 17.9. The molecule has 26 heavy (non-hydrogen) atoms. The maximum atomic E-state index is 12.8. The Morgan fingerprint density at radius 2 is 1.85 bits per heavy atom. The van der Waals surface area contributed by atoms with Crippen LogP contribution in [0.3, 0.4) is 0 Å². The molecule has 0 bridgehead atoms. The van der Waals surface area contributed by atoms with E-state index in [9.17, 15) is 9.18 Å². The molecule has 0 N–H and O–H groups in total. The Morgan fingerprint density at radius 1 is 1.08 bits per heavy atom. The summed E-state index contributed by atoms with van der Waals surface area (Å²) in [5, 5.41) is 1.06. The number of likely N-dealkylation sites (tertiary alicyclic amines) is 1. The molecule has 0 spiro atoms. The molecule has 0 atom stereocenters. The molecule has 0 saturated carbocycles. The maximum Gasteiger partial charge on any atom is 0.260 e. The number of para-hydroxylation sites is 1. The quantitative estimate of drug-likeness (QED) is 0.708. The molecule has 1 amide bonds. The van der Waals surface area contributed by atoms with Crippen LogP contribution in [0, 0.1) is 5.82 Å². The molecule has 1 aromatic heterocycles. The fraction of sp³-hybridized carbons (Fsp3) is 0.200. The second-order valence-electron chi connectivity index (χ2n) is 6.12. The number of halogens is 1. The first kappa shape index (κ1) is 16.3. The normalized spacial score (nSPS) is 14.1. The van der Waals surface area contributed by atoms with Crippen molar-refractivity contribution in [1.29, 1.82) is 0 Å². The van der Waals surface area contributed by atoms with Crippen LogP contribution in [-0.2, 0) is 4.79 Å². The second kappa shape index (κ2) is 7.00. The van der Waals surface area contributed by atoms with Crippen LogP contribution < -0.4 is 9.47 Å². The number of amides is 1. The molecule has 132 valence electrons. The maximum absolute atomic E-state index is 12.8. The van der Waals surface area contributed by atoms with E-state index in [-0.39, 0.29) is 24.4 Å². The van der Waals surface area contributed by atoms with Gasteiger partial charge < -0.3 is 14.4 Å². The zero-order valence-electron chi connectivity index (χ0n) is 14.0. The highest BCUT2D eigenvalue weighted by molar-refractivity contribution is 5.79. The van der Waals surface area contributed by atoms with Crippen LogP contribution in [0.1, 0.15) is 0 Å². The van der Waals surface area contributed by atoms with Crippen LogP contribution in [0.4, 0.5) is 4.39 Å². The zero-order valence-corrected chi connectivity index (χ0v) is 14.0. The Balaban J connectivity index is 1.26. The monoisotopic (exact) mass is 352 g/mol. The number of carbonyl (C=O) groups excluding carboxylic acids is 1. The van der Waals surface area contributed by atoms with Crippen molar-refractivity contribution in [2.45, 2.75) is 6.10 Å². The number of carbonyl (C=O) groups is 1. The lowest BCUT2D eigenvalue weighted by atomic mass is 10.1. The molecule has 2 aromatic carbocycles. The first-order chi connectivity index (χ1) is 12.7. The minimum Gasteiger partial charge on any atom is -0.484 e. The third kappa shape index (κ3) is 3.59. The summed E-state index contributed by atoms with van der Waals surface area (Å²) in [5.74, 6) is 0.561. The smallest absolute Gasteiger partial charge is 0.260 e. The van der Waals surface area contributed by atoms with E-state index in [0.717, 1.165) is 10.9 Å². The summed E-state index contributed by atoms with van der Waals surface area (Å²) in [7, 11) is 0. The third-order valence-corrected chi connectivity index (χ3v) is 4.24. The lowest BCUT2D eigenvalue weighted by Crippen LogP contribution is -2.57. The summed E-state index contributed by atoms with van der Waals surface area (Å²) < 4.78 is 24.0. The van der Waals surface area contributed by atoms with E-state index in [2.05, 4.69) is 4.98 Å². The minimum atomic E-state index is -0.339. The lowest BCUT2D eigenvalue weighted by molar-refractivity contribution is -0.142. The Kier molecular flexibility index (Phi) is 4.39. The number of hydrogen-bond acceptors (Lipinski definition) is 4. The summed E-state index contributed by atoms with van der Waals surface area (Å²) in [4.78, 5) is 18.2. The fourth-order valence-electron chi connectivity index (χ4n) is 2.77. The number of nitrogens with zero attached hydrogens (tertiary/aromatic N) is 2. The van der Waals surface area contributed by atoms with Crippen LogP contribution >= 0.6 is 0 Å². The van der Waals surface area contributed by atoms with Crippen LogP contribution in [0.25, 0.3) is 10.9 Å². The standard InChI is InChI=1S/C20H17FN2O3/c21-15-6-8-16(9-7-15)25-13-20(24)23-11-17(12-23)26-19-10-5-14-3-1-2-4-18(14)22-19/h1-10,17H,11-13H2. The molecule has 1 aliphatic heterocycles. The molecule has 4 rings (SSSR count). The van der Waals surface area contributed by atoms with Crippen molar-refractivity contribution in [2.75, 3.05) is 19.7 Å². The summed E-state index contributed by atoms with van der Waals surface area (Å²) in [5.41, 5.74) is 0.880. The molecule has 5 nitrogen and oxygen atoms in total. The lowest BCUT2D eigenvalue weighted by Gasteiger charge is -2.38. The van der Waals surface area contributed by atoms with Gasteiger partial charge in [0.1, 0.15) is 17.7 Å². The average Bonchev–Trinajstić information content (AvgIpc) is 2.63. The van der Waals surface area contributed by atoms with E-state index in [1.54, 1.807) is 4.90 Å². The highest BCUT2D eigenvalue weighted by Gasteiger charge is 2.32. The van der Waals surface area contributed by atoms with Crippen LogP contribution in [0.5, 0.6) is 11.6 Å². The highest BCUT2D eigenvalue weighted by atomic mass is 19.1. The number of benzene rings is 2. The van der Waals surface area contributed by atoms with Gasteiger partial charge in [0.05, 0.1) is 18.6 Å². The molecule has 1 saturated heterocycles. The Morgan fingerprint density at radius 3 is 2.65 bits per heavy atom. The highest BCUT2D eigenvalue weighted by Crippen LogP contribution is 2.20. The third-order valence-electron chi connectivity index (χ3n) is 4.24. The number of rotatable bonds is 5.